The summed E-state index contributed by atoms with van der Waals surface area (Å²) >= 11 is 0. The van der Waals surface area contributed by atoms with Gasteiger partial charge in [-0.2, -0.15) is 0 Å². The molecule has 0 aliphatic heterocycles. The van der Waals surface area contributed by atoms with Gasteiger partial charge in [-0.3, -0.25) is 0 Å². The zero-order valence-corrected chi connectivity index (χ0v) is 19.4. The Labute approximate surface area is 176 Å². The van der Waals surface area contributed by atoms with Crippen molar-refractivity contribution in [3.05, 3.63) is 18.7 Å². The molecule has 0 saturated heterocycles. The maximum absolute atomic E-state index is 2.45. The highest BCUT2D eigenvalue weighted by Crippen LogP contribution is 2.23. The highest BCUT2D eigenvalue weighted by atomic mass is 35.5. The van der Waals surface area contributed by atoms with Crippen molar-refractivity contribution >= 4 is 0 Å². The normalized spacial score (nSPS) is 12.1. The number of aryl methyl sites for hydroxylation is 1. The fraction of sp³-hybridized carbons (Fsp3) is 0.875. The molecule has 27 heavy (non-hydrogen) atoms. The second-order valence-electron chi connectivity index (χ2n) is 8.35. The Morgan fingerprint density at radius 2 is 1.07 bits per heavy atom. The Morgan fingerprint density at radius 1 is 0.667 bits per heavy atom. The van der Waals surface area contributed by atoms with Gasteiger partial charge < -0.3 is 12.4 Å². The van der Waals surface area contributed by atoms with Crippen molar-refractivity contribution in [1.29, 1.82) is 0 Å². The average molecular weight is 399 g/mol. The molecule has 0 aliphatic carbocycles. The molecular weight excluding hydrogens is 352 g/mol. The van der Waals surface area contributed by atoms with E-state index < -0.39 is 0 Å². The van der Waals surface area contributed by atoms with Crippen molar-refractivity contribution < 1.29 is 17.0 Å². The van der Waals surface area contributed by atoms with E-state index in [1.165, 1.54) is 109 Å². The largest absolute Gasteiger partial charge is 1.00 e. The average Bonchev–Trinajstić information content (AvgIpc) is 3.07. The number of rotatable bonds is 18. The SMILES string of the molecule is CCCCCCCCCCCCCCC(CCCCC)n1cc[n+](C)c1.[Cl-]. The molecule has 0 spiro atoms. The van der Waals surface area contributed by atoms with Crippen LogP contribution in [0.15, 0.2) is 18.7 Å². The van der Waals surface area contributed by atoms with Crippen LogP contribution in [0.1, 0.15) is 129 Å². The number of hydrogen-bond acceptors (Lipinski definition) is 0. The van der Waals surface area contributed by atoms with Crippen LogP contribution < -0.4 is 17.0 Å². The molecule has 0 fully saturated rings. The maximum Gasteiger partial charge on any atom is 0.243 e. The van der Waals surface area contributed by atoms with Gasteiger partial charge in [0.15, 0.2) is 0 Å². The van der Waals surface area contributed by atoms with Gasteiger partial charge in [0, 0.05) is 0 Å². The van der Waals surface area contributed by atoms with Gasteiger partial charge in [-0.15, -0.1) is 0 Å². The van der Waals surface area contributed by atoms with Crippen LogP contribution in [0.5, 0.6) is 0 Å². The van der Waals surface area contributed by atoms with E-state index in [0.717, 1.165) is 0 Å². The van der Waals surface area contributed by atoms with Crippen LogP contribution >= 0.6 is 0 Å². The molecule has 1 unspecified atom stereocenters. The fourth-order valence-electron chi connectivity index (χ4n) is 3.98. The molecule has 1 rings (SSSR count). The lowest BCUT2D eigenvalue weighted by Gasteiger charge is -2.13. The van der Waals surface area contributed by atoms with E-state index >= 15 is 0 Å². The Hall–Kier alpha value is -0.500. The summed E-state index contributed by atoms with van der Waals surface area (Å²) in [6, 6.07) is 0.714. The molecule has 2 nitrogen and oxygen atoms in total. The minimum absolute atomic E-state index is 0. The molecule has 1 heterocycles. The standard InChI is InChI=1S/C24H47N2.ClH/c1-4-6-8-9-10-11-12-13-14-15-16-18-20-24(19-17-7-5-2)26-22-21-25(3)23-26;/h21-24H,4-20H2,1-3H3;1H/q+1;/p-1. The molecule has 1 atom stereocenters. The predicted octanol–water partition coefficient (Wildman–Crippen LogP) is 4.53. The van der Waals surface area contributed by atoms with Gasteiger partial charge in [-0.1, -0.05) is 97.3 Å². The minimum Gasteiger partial charge on any atom is -1.00 e. The van der Waals surface area contributed by atoms with E-state index in [4.69, 9.17) is 0 Å². The van der Waals surface area contributed by atoms with Gasteiger partial charge in [0.25, 0.3) is 0 Å². The van der Waals surface area contributed by atoms with Gasteiger partial charge in [-0.25, -0.2) is 9.13 Å². The third-order valence-electron chi connectivity index (χ3n) is 5.74. The van der Waals surface area contributed by atoms with Crippen molar-refractivity contribution in [2.24, 2.45) is 7.05 Å². The lowest BCUT2D eigenvalue weighted by atomic mass is 10.0. The number of unbranched alkanes of at least 4 members (excludes halogenated alkanes) is 13. The molecule has 0 N–H and O–H groups in total. The van der Waals surface area contributed by atoms with Crippen molar-refractivity contribution in [2.45, 2.75) is 129 Å². The summed E-state index contributed by atoms with van der Waals surface area (Å²) in [6.45, 7) is 4.60. The number of hydrogen-bond donors (Lipinski definition) is 0. The van der Waals surface area contributed by atoms with E-state index in [1.807, 2.05) is 0 Å². The summed E-state index contributed by atoms with van der Waals surface area (Å²) in [5.74, 6) is 0. The van der Waals surface area contributed by atoms with Gasteiger partial charge >= 0.3 is 0 Å². The van der Waals surface area contributed by atoms with Crippen LogP contribution in [0.2, 0.25) is 0 Å². The molecule has 0 aliphatic rings. The smallest absolute Gasteiger partial charge is 0.243 e. The molecule has 0 bridgehead atoms. The van der Waals surface area contributed by atoms with Crippen LogP contribution in [0.4, 0.5) is 0 Å². The molecule has 0 radical (unpaired) electrons. The topological polar surface area (TPSA) is 8.81 Å². The molecule has 0 amide bonds. The Morgan fingerprint density at radius 3 is 1.52 bits per heavy atom. The van der Waals surface area contributed by atoms with Crippen LogP contribution in [0.25, 0.3) is 0 Å². The van der Waals surface area contributed by atoms with E-state index in [0.29, 0.717) is 6.04 Å². The molecular formula is C24H47ClN2. The number of imidazole rings is 1. The molecule has 160 valence electrons. The van der Waals surface area contributed by atoms with Crippen molar-refractivity contribution in [2.75, 3.05) is 0 Å². The second-order valence-corrected chi connectivity index (χ2v) is 8.35. The maximum atomic E-state index is 2.45. The van der Waals surface area contributed by atoms with E-state index in [9.17, 15) is 0 Å². The van der Waals surface area contributed by atoms with Gasteiger partial charge in [0.05, 0.1) is 7.05 Å². The molecule has 0 saturated carbocycles. The van der Waals surface area contributed by atoms with E-state index in [2.05, 4.69) is 48.8 Å². The number of nitrogens with zero attached hydrogens (tertiary/aromatic N) is 2. The highest BCUT2D eigenvalue weighted by molar-refractivity contribution is 4.75. The predicted molar refractivity (Wildman–Crippen MR) is 114 cm³/mol. The van der Waals surface area contributed by atoms with Gasteiger partial charge in [-0.05, 0) is 25.7 Å². The van der Waals surface area contributed by atoms with E-state index in [-0.39, 0.29) is 12.4 Å². The van der Waals surface area contributed by atoms with Gasteiger partial charge in [0.2, 0.25) is 6.33 Å². The lowest BCUT2D eigenvalue weighted by Crippen LogP contribution is -3.00. The van der Waals surface area contributed by atoms with Crippen molar-refractivity contribution in [3.8, 4) is 0 Å². The first-order chi connectivity index (χ1) is 12.8. The molecule has 3 heteroatoms. The quantitative estimate of drug-likeness (QED) is 0.254. The van der Waals surface area contributed by atoms with E-state index in [1.54, 1.807) is 0 Å². The molecule has 1 aromatic rings. The van der Waals surface area contributed by atoms with Crippen LogP contribution in [-0.2, 0) is 7.05 Å². The molecule has 1 aromatic heterocycles. The zero-order valence-electron chi connectivity index (χ0n) is 18.6. The lowest BCUT2D eigenvalue weighted by molar-refractivity contribution is -0.671. The zero-order chi connectivity index (χ0) is 18.9. The van der Waals surface area contributed by atoms with Crippen LogP contribution in [0, 0.1) is 0 Å². The minimum atomic E-state index is 0. The first-order valence-corrected chi connectivity index (χ1v) is 11.8. The number of aromatic nitrogens is 2. The third kappa shape index (κ3) is 14.2. The van der Waals surface area contributed by atoms with Crippen LogP contribution in [0.3, 0.4) is 0 Å². The summed E-state index contributed by atoms with van der Waals surface area (Å²) in [7, 11) is 2.13. The molecule has 0 aromatic carbocycles. The summed E-state index contributed by atoms with van der Waals surface area (Å²) in [4.78, 5) is 0. The van der Waals surface area contributed by atoms with Crippen molar-refractivity contribution in [3.63, 3.8) is 0 Å². The Kier molecular flexibility index (Phi) is 18.5. The second kappa shape index (κ2) is 18.8. The monoisotopic (exact) mass is 398 g/mol. The summed E-state index contributed by atoms with van der Waals surface area (Å²) in [6.07, 6.45) is 30.8. The first kappa shape index (κ1) is 26.5. The van der Waals surface area contributed by atoms with Gasteiger partial charge in [0.1, 0.15) is 18.4 Å². The fourth-order valence-corrected chi connectivity index (χ4v) is 3.98. The third-order valence-corrected chi connectivity index (χ3v) is 5.74. The van der Waals surface area contributed by atoms with Crippen LogP contribution in [-0.4, -0.2) is 4.57 Å². The van der Waals surface area contributed by atoms with Crippen molar-refractivity contribution in [1.82, 2.24) is 4.57 Å². The first-order valence-electron chi connectivity index (χ1n) is 11.8. The Bertz CT molecular complexity index is 416. The highest BCUT2D eigenvalue weighted by Gasteiger charge is 2.15. The Balaban J connectivity index is 0.00000676. The summed E-state index contributed by atoms with van der Waals surface area (Å²) in [5, 5.41) is 0. The number of halogens is 1. The summed E-state index contributed by atoms with van der Waals surface area (Å²) < 4.78 is 4.63. The summed E-state index contributed by atoms with van der Waals surface area (Å²) in [5.41, 5.74) is 0.